The molecule has 0 bridgehead atoms. The first kappa shape index (κ1) is 31.4. The second kappa shape index (κ2) is 10.8. The lowest BCUT2D eigenvalue weighted by molar-refractivity contribution is -0.137. The predicted octanol–water partition coefficient (Wildman–Crippen LogP) is 11.1. The van der Waals surface area contributed by atoms with E-state index >= 15 is 0 Å². The van der Waals surface area contributed by atoms with Gasteiger partial charge in [-0.2, -0.15) is 13.2 Å². The summed E-state index contributed by atoms with van der Waals surface area (Å²) >= 11 is 0. The summed E-state index contributed by atoms with van der Waals surface area (Å²) in [5, 5.41) is 0. The van der Waals surface area contributed by atoms with Gasteiger partial charge in [-0.05, 0) is 137 Å². The molecule has 4 aliphatic carbocycles. The molecule has 0 saturated heterocycles. The smallest absolute Gasteiger partial charge is 0.416 e. The summed E-state index contributed by atoms with van der Waals surface area (Å²) < 4.78 is 45.1. The van der Waals surface area contributed by atoms with E-state index in [1.54, 1.807) is 11.1 Å². The Bertz CT molecular complexity index is 1250. The van der Waals surface area contributed by atoms with Gasteiger partial charge in [0.2, 0.25) is 0 Å². The summed E-state index contributed by atoms with van der Waals surface area (Å²) in [7, 11) is 0. The summed E-state index contributed by atoms with van der Waals surface area (Å²) in [5.41, 5.74) is 4.82. The van der Waals surface area contributed by atoms with Gasteiger partial charge < -0.3 is 4.74 Å². The van der Waals surface area contributed by atoms with Crippen LogP contribution in [0, 0.1) is 33.5 Å². The summed E-state index contributed by atoms with van der Waals surface area (Å²) in [6, 6.07) is 4.39. The van der Waals surface area contributed by atoms with Crippen molar-refractivity contribution in [3.8, 4) is 0 Å². The molecule has 5 heteroatoms. The normalized spacial score (nSPS) is 35.6. The molecule has 5 rings (SSSR count). The molecule has 0 radical (unpaired) electrons. The van der Waals surface area contributed by atoms with Crippen molar-refractivity contribution >= 4 is 5.97 Å². The molecule has 0 heterocycles. The first-order valence-electron chi connectivity index (χ1n) is 16.3. The summed E-state index contributed by atoms with van der Waals surface area (Å²) in [6.45, 7) is 16.6. The van der Waals surface area contributed by atoms with Crippen LogP contribution < -0.4 is 0 Å². The van der Waals surface area contributed by atoms with Gasteiger partial charge in [0.15, 0.2) is 0 Å². The molecule has 232 valence electrons. The molecule has 2 fully saturated rings. The molecular formula is C37H51F3O2. The lowest BCUT2D eigenvalue weighted by atomic mass is 9.43. The number of benzene rings is 1. The van der Waals surface area contributed by atoms with Gasteiger partial charge in [0.1, 0.15) is 6.10 Å². The molecular weight excluding hydrogens is 533 g/mol. The van der Waals surface area contributed by atoms with E-state index in [4.69, 9.17) is 4.74 Å². The Balaban J connectivity index is 1.33. The topological polar surface area (TPSA) is 26.3 Å². The molecule has 0 amide bonds. The van der Waals surface area contributed by atoms with Crippen molar-refractivity contribution in [1.82, 2.24) is 0 Å². The standard InChI is InChI=1S/C37H51F3O2/c1-24(2)10-8-9-11-26-18-22-36(7)29-16-17-30-33(3,4)31(20-21-34(30,5)28(29)19-23-35(26,36)6)42-32(41)25-12-14-27(15-13-25)37(38,39)40/h10,12-15,26,30-31H,8-9,11,16-23H2,1-7H3. The molecule has 4 aliphatic rings. The van der Waals surface area contributed by atoms with Gasteiger partial charge in [-0.3, -0.25) is 0 Å². The fourth-order valence-electron chi connectivity index (χ4n) is 10.2. The molecule has 1 aromatic carbocycles. The molecule has 0 spiro atoms. The second-order valence-electron chi connectivity index (χ2n) is 15.5. The number of ether oxygens (including phenoxy) is 1. The number of carbonyl (C=O) groups is 1. The van der Waals surface area contributed by atoms with E-state index in [9.17, 15) is 18.0 Å². The Kier molecular flexibility index (Phi) is 8.10. The van der Waals surface area contributed by atoms with Gasteiger partial charge in [-0.15, -0.1) is 0 Å². The average molecular weight is 585 g/mol. The van der Waals surface area contributed by atoms with Crippen molar-refractivity contribution in [3.63, 3.8) is 0 Å². The van der Waals surface area contributed by atoms with Crippen molar-refractivity contribution < 1.29 is 22.7 Å². The van der Waals surface area contributed by atoms with Gasteiger partial charge in [0.05, 0.1) is 11.1 Å². The number of fused-ring (bicyclic) bond motifs is 4. The predicted molar refractivity (Wildman–Crippen MR) is 163 cm³/mol. The molecule has 6 unspecified atom stereocenters. The summed E-state index contributed by atoms with van der Waals surface area (Å²) in [6.07, 6.45) is 10.6. The van der Waals surface area contributed by atoms with Crippen LogP contribution in [0.15, 0.2) is 47.1 Å². The van der Waals surface area contributed by atoms with Crippen molar-refractivity contribution in [2.75, 3.05) is 0 Å². The Morgan fingerprint density at radius 2 is 1.62 bits per heavy atom. The highest BCUT2D eigenvalue weighted by Gasteiger charge is 2.63. The fraction of sp³-hybridized carbons (Fsp3) is 0.703. The van der Waals surface area contributed by atoms with Gasteiger partial charge in [0, 0.05) is 5.41 Å². The van der Waals surface area contributed by atoms with Crippen molar-refractivity contribution in [3.05, 3.63) is 58.2 Å². The minimum absolute atomic E-state index is 0.0974. The Morgan fingerprint density at radius 1 is 0.929 bits per heavy atom. The number of hydrogen-bond acceptors (Lipinski definition) is 2. The van der Waals surface area contributed by atoms with E-state index in [0.717, 1.165) is 43.7 Å². The van der Waals surface area contributed by atoms with Crippen LogP contribution in [0.4, 0.5) is 13.2 Å². The first-order chi connectivity index (χ1) is 19.5. The maximum Gasteiger partial charge on any atom is 0.416 e. The summed E-state index contributed by atoms with van der Waals surface area (Å²) in [5.74, 6) is 0.671. The number of carbonyl (C=O) groups excluding carboxylic acids is 1. The molecule has 2 nitrogen and oxygen atoms in total. The van der Waals surface area contributed by atoms with Crippen molar-refractivity contribution in [2.45, 2.75) is 131 Å². The number of halogens is 3. The maximum atomic E-state index is 13.1. The van der Waals surface area contributed by atoms with Crippen LogP contribution in [0.3, 0.4) is 0 Å². The molecule has 2 saturated carbocycles. The minimum atomic E-state index is -4.43. The molecule has 0 N–H and O–H groups in total. The fourth-order valence-corrected chi connectivity index (χ4v) is 10.2. The molecule has 6 atom stereocenters. The van der Waals surface area contributed by atoms with Crippen molar-refractivity contribution in [2.24, 2.45) is 33.5 Å². The van der Waals surface area contributed by atoms with Gasteiger partial charge in [0.25, 0.3) is 0 Å². The van der Waals surface area contributed by atoms with Crippen LogP contribution in [0.1, 0.15) is 135 Å². The van der Waals surface area contributed by atoms with Crippen LogP contribution in [-0.4, -0.2) is 12.1 Å². The van der Waals surface area contributed by atoms with E-state index in [-0.39, 0.29) is 27.9 Å². The van der Waals surface area contributed by atoms with Crippen molar-refractivity contribution in [1.29, 1.82) is 0 Å². The lowest BCUT2D eigenvalue weighted by Gasteiger charge is -2.62. The number of hydrogen-bond donors (Lipinski definition) is 0. The SMILES string of the molecule is CC(C)=CCCCC1CCC2(C)C3=C(CCC12C)C1(C)CCC(OC(=O)c2ccc(C(F)(F)F)cc2)C(C)(C)C1CC3. The zero-order chi connectivity index (χ0) is 30.7. The highest BCUT2D eigenvalue weighted by molar-refractivity contribution is 5.89. The summed E-state index contributed by atoms with van der Waals surface area (Å²) in [4.78, 5) is 13.1. The quantitative estimate of drug-likeness (QED) is 0.189. The Hall–Kier alpha value is -2.04. The minimum Gasteiger partial charge on any atom is -0.458 e. The number of rotatable bonds is 6. The molecule has 0 aliphatic heterocycles. The zero-order valence-electron chi connectivity index (χ0n) is 26.8. The zero-order valence-corrected chi connectivity index (χ0v) is 26.8. The molecule has 1 aromatic rings. The highest BCUT2D eigenvalue weighted by atomic mass is 19.4. The number of esters is 1. The van der Waals surface area contributed by atoms with E-state index in [1.165, 1.54) is 62.7 Å². The maximum absolute atomic E-state index is 13.1. The third kappa shape index (κ3) is 5.09. The number of unbranched alkanes of at least 4 members (excludes halogenated alkanes) is 1. The number of alkyl halides is 3. The van der Waals surface area contributed by atoms with Crippen LogP contribution in [0.25, 0.3) is 0 Å². The van der Waals surface area contributed by atoms with Gasteiger partial charge >= 0.3 is 12.1 Å². The Labute approximate surface area is 251 Å². The number of allylic oxidation sites excluding steroid dienone is 4. The molecule has 42 heavy (non-hydrogen) atoms. The largest absolute Gasteiger partial charge is 0.458 e. The lowest BCUT2D eigenvalue weighted by Crippen LogP contribution is -2.55. The van der Waals surface area contributed by atoms with E-state index < -0.39 is 17.7 Å². The van der Waals surface area contributed by atoms with Crippen LogP contribution in [0.2, 0.25) is 0 Å². The van der Waals surface area contributed by atoms with E-state index in [1.807, 2.05) is 0 Å². The molecule has 0 aromatic heterocycles. The van der Waals surface area contributed by atoms with Crippen LogP contribution in [0.5, 0.6) is 0 Å². The van der Waals surface area contributed by atoms with Gasteiger partial charge in [-0.25, -0.2) is 4.79 Å². The monoisotopic (exact) mass is 584 g/mol. The highest BCUT2D eigenvalue weighted by Crippen LogP contribution is 2.72. The first-order valence-corrected chi connectivity index (χ1v) is 16.3. The third-order valence-corrected chi connectivity index (χ3v) is 12.9. The Morgan fingerprint density at radius 3 is 2.26 bits per heavy atom. The van der Waals surface area contributed by atoms with E-state index in [0.29, 0.717) is 11.3 Å². The van der Waals surface area contributed by atoms with Gasteiger partial charge in [-0.1, -0.05) is 57.4 Å². The average Bonchev–Trinajstić information content (AvgIpc) is 3.18. The third-order valence-electron chi connectivity index (χ3n) is 12.9. The van der Waals surface area contributed by atoms with Crippen LogP contribution >= 0.6 is 0 Å². The van der Waals surface area contributed by atoms with E-state index in [2.05, 4.69) is 54.5 Å². The second-order valence-corrected chi connectivity index (χ2v) is 15.5. The van der Waals surface area contributed by atoms with Crippen LogP contribution in [-0.2, 0) is 10.9 Å².